The fraction of sp³-hybridized carbons (Fsp3) is 0.640. The van der Waals surface area contributed by atoms with Crippen LogP contribution in [0, 0.1) is 13.8 Å². The molecule has 0 aliphatic carbocycles. The molecule has 0 saturated carbocycles. The van der Waals surface area contributed by atoms with Gasteiger partial charge in [0.2, 0.25) is 11.8 Å². The SMILES string of the molecule is CCCC(C)NC(=O)C(c1cccc(C)c1C)N(CCO)C(=O)C(CS)NC(=O)OC(C)(C)C. The first-order valence-corrected chi connectivity index (χ1v) is 12.4. The Bertz CT molecular complexity index is 840. The second kappa shape index (κ2) is 13.6. The molecule has 0 aromatic heterocycles. The smallest absolute Gasteiger partial charge is 0.408 e. The summed E-state index contributed by atoms with van der Waals surface area (Å²) in [6.45, 7) is 12.5. The number of ether oxygens (including phenoxy) is 1. The Morgan fingerprint density at radius 3 is 2.35 bits per heavy atom. The summed E-state index contributed by atoms with van der Waals surface area (Å²) in [6, 6.07) is 3.47. The number of carbonyl (C=O) groups excluding carboxylic acids is 3. The van der Waals surface area contributed by atoms with E-state index in [2.05, 4.69) is 23.3 Å². The van der Waals surface area contributed by atoms with Gasteiger partial charge in [0.05, 0.1) is 6.61 Å². The molecule has 1 aromatic carbocycles. The largest absolute Gasteiger partial charge is 0.444 e. The number of aryl methyl sites for hydroxylation is 1. The van der Waals surface area contributed by atoms with E-state index >= 15 is 0 Å². The van der Waals surface area contributed by atoms with Crippen molar-refractivity contribution < 1.29 is 24.2 Å². The quantitative estimate of drug-likeness (QED) is 0.352. The van der Waals surface area contributed by atoms with Gasteiger partial charge in [-0.15, -0.1) is 0 Å². The van der Waals surface area contributed by atoms with Gasteiger partial charge in [-0.25, -0.2) is 4.79 Å². The van der Waals surface area contributed by atoms with Crippen molar-refractivity contribution in [3.63, 3.8) is 0 Å². The van der Waals surface area contributed by atoms with Crippen molar-refractivity contribution in [2.75, 3.05) is 18.9 Å². The predicted molar refractivity (Wildman–Crippen MR) is 137 cm³/mol. The minimum atomic E-state index is -1.04. The molecule has 34 heavy (non-hydrogen) atoms. The molecule has 0 aliphatic heterocycles. The number of carbonyl (C=O) groups is 3. The van der Waals surface area contributed by atoms with Crippen molar-refractivity contribution >= 4 is 30.5 Å². The molecular formula is C25H41N3O5S. The van der Waals surface area contributed by atoms with Crippen LogP contribution in [0.15, 0.2) is 18.2 Å². The zero-order valence-electron chi connectivity index (χ0n) is 21.5. The molecule has 0 radical (unpaired) electrons. The second-order valence-corrected chi connectivity index (χ2v) is 9.89. The summed E-state index contributed by atoms with van der Waals surface area (Å²) in [7, 11) is 0. The molecule has 3 N–H and O–H groups in total. The molecule has 3 amide bonds. The number of benzene rings is 1. The van der Waals surface area contributed by atoms with Gasteiger partial charge in [0.1, 0.15) is 17.7 Å². The van der Waals surface area contributed by atoms with E-state index in [1.165, 1.54) is 4.90 Å². The number of hydrogen-bond donors (Lipinski definition) is 4. The van der Waals surface area contributed by atoms with Gasteiger partial charge in [0.25, 0.3) is 0 Å². The van der Waals surface area contributed by atoms with Gasteiger partial charge in [0.15, 0.2) is 0 Å². The lowest BCUT2D eigenvalue weighted by molar-refractivity contribution is -0.142. The summed E-state index contributed by atoms with van der Waals surface area (Å²) in [4.78, 5) is 40.8. The Kier molecular flexibility index (Phi) is 11.9. The Balaban J connectivity index is 3.41. The summed E-state index contributed by atoms with van der Waals surface area (Å²) in [5.74, 6) is -0.876. The number of alkyl carbamates (subject to hydrolysis) is 1. The van der Waals surface area contributed by atoms with E-state index in [0.717, 1.165) is 24.0 Å². The van der Waals surface area contributed by atoms with Crippen LogP contribution in [0.5, 0.6) is 0 Å². The van der Waals surface area contributed by atoms with Crippen molar-refractivity contribution in [1.82, 2.24) is 15.5 Å². The third-order valence-electron chi connectivity index (χ3n) is 5.41. The van der Waals surface area contributed by atoms with Crippen LogP contribution >= 0.6 is 12.6 Å². The van der Waals surface area contributed by atoms with Crippen LogP contribution < -0.4 is 10.6 Å². The molecule has 0 heterocycles. The molecular weight excluding hydrogens is 454 g/mol. The number of nitrogens with one attached hydrogen (secondary N) is 2. The fourth-order valence-corrected chi connectivity index (χ4v) is 3.90. The van der Waals surface area contributed by atoms with E-state index in [1.54, 1.807) is 20.8 Å². The molecule has 0 aliphatic rings. The summed E-state index contributed by atoms with van der Waals surface area (Å²) < 4.78 is 5.28. The first kappa shape index (κ1) is 29.8. The zero-order valence-corrected chi connectivity index (χ0v) is 22.4. The number of rotatable bonds is 11. The summed E-state index contributed by atoms with van der Waals surface area (Å²) in [6.07, 6.45) is 0.933. The number of nitrogens with zero attached hydrogens (tertiary/aromatic N) is 1. The Morgan fingerprint density at radius 1 is 1.18 bits per heavy atom. The molecule has 3 atom stereocenters. The molecule has 3 unspecified atom stereocenters. The normalized spacial score (nSPS) is 14.0. The fourth-order valence-electron chi connectivity index (χ4n) is 3.66. The third kappa shape index (κ3) is 8.83. The average Bonchev–Trinajstić information content (AvgIpc) is 2.72. The van der Waals surface area contributed by atoms with Crippen LogP contribution in [0.4, 0.5) is 4.79 Å². The zero-order chi connectivity index (χ0) is 26.1. The maximum absolute atomic E-state index is 13.6. The molecule has 0 spiro atoms. The average molecular weight is 496 g/mol. The van der Waals surface area contributed by atoms with Crippen LogP contribution in [0.25, 0.3) is 0 Å². The molecule has 1 rings (SSSR count). The van der Waals surface area contributed by atoms with E-state index in [-0.39, 0.29) is 30.9 Å². The van der Waals surface area contributed by atoms with Crippen LogP contribution in [-0.2, 0) is 14.3 Å². The van der Waals surface area contributed by atoms with Crippen LogP contribution in [-0.4, -0.2) is 64.5 Å². The van der Waals surface area contributed by atoms with Gasteiger partial charge in [-0.1, -0.05) is 31.5 Å². The molecule has 8 nitrogen and oxygen atoms in total. The second-order valence-electron chi connectivity index (χ2n) is 9.53. The number of hydrogen-bond acceptors (Lipinski definition) is 6. The van der Waals surface area contributed by atoms with E-state index in [9.17, 15) is 19.5 Å². The Morgan fingerprint density at radius 2 is 1.82 bits per heavy atom. The highest BCUT2D eigenvalue weighted by Gasteiger charge is 2.36. The van der Waals surface area contributed by atoms with Crippen LogP contribution in [0.2, 0.25) is 0 Å². The van der Waals surface area contributed by atoms with Gasteiger partial charge in [0, 0.05) is 18.3 Å². The molecule has 0 fully saturated rings. The number of aliphatic hydroxyl groups excluding tert-OH is 1. The minimum Gasteiger partial charge on any atom is -0.444 e. The van der Waals surface area contributed by atoms with Crippen LogP contribution in [0.3, 0.4) is 0 Å². The van der Waals surface area contributed by atoms with Gasteiger partial charge in [-0.3, -0.25) is 9.59 Å². The summed E-state index contributed by atoms with van der Waals surface area (Å²) >= 11 is 4.25. The minimum absolute atomic E-state index is 0.00657. The predicted octanol–water partition coefficient (Wildman–Crippen LogP) is 3.29. The molecule has 1 aromatic rings. The Labute approximate surface area is 209 Å². The first-order chi connectivity index (χ1) is 15.9. The third-order valence-corrected chi connectivity index (χ3v) is 5.77. The number of thiol groups is 1. The van der Waals surface area contributed by atoms with Crippen molar-refractivity contribution in [3.05, 3.63) is 34.9 Å². The van der Waals surface area contributed by atoms with Crippen molar-refractivity contribution in [2.24, 2.45) is 0 Å². The number of aliphatic hydroxyl groups is 1. The van der Waals surface area contributed by atoms with Gasteiger partial charge in [-0.05, 0) is 64.7 Å². The molecule has 192 valence electrons. The van der Waals surface area contributed by atoms with Gasteiger partial charge < -0.3 is 25.4 Å². The highest BCUT2D eigenvalue weighted by atomic mass is 32.1. The van der Waals surface area contributed by atoms with E-state index in [4.69, 9.17) is 4.74 Å². The van der Waals surface area contributed by atoms with Crippen molar-refractivity contribution in [3.8, 4) is 0 Å². The topological polar surface area (TPSA) is 108 Å². The molecule has 9 heteroatoms. The lowest BCUT2D eigenvalue weighted by Gasteiger charge is -2.35. The van der Waals surface area contributed by atoms with Gasteiger partial charge in [-0.2, -0.15) is 12.6 Å². The van der Waals surface area contributed by atoms with Crippen molar-refractivity contribution in [1.29, 1.82) is 0 Å². The lowest BCUT2D eigenvalue weighted by atomic mass is 9.95. The summed E-state index contributed by atoms with van der Waals surface area (Å²) in [5, 5.41) is 15.3. The van der Waals surface area contributed by atoms with Crippen molar-refractivity contribution in [2.45, 2.75) is 85.0 Å². The highest BCUT2D eigenvalue weighted by molar-refractivity contribution is 7.80. The van der Waals surface area contributed by atoms with E-state index < -0.39 is 29.7 Å². The molecule has 0 saturated heterocycles. The standard InChI is InChI=1S/C25H41N3O5S/c1-8-10-17(3)26-22(30)21(19-12-9-11-16(2)18(19)4)28(13-14-29)23(31)20(15-34)27-24(32)33-25(5,6)7/h9,11-12,17,20-21,29,34H,8,10,13-15H2,1-7H3,(H,26,30)(H,27,32). The van der Waals surface area contributed by atoms with E-state index in [1.807, 2.05) is 45.9 Å². The Hall–Kier alpha value is -2.26. The maximum atomic E-state index is 13.6. The highest BCUT2D eigenvalue weighted by Crippen LogP contribution is 2.27. The van der Waals surface area contributed by atoms with Crippen LogP contribution in [0.1, 0.15) is 70.2 Å². The maximum Gasteiger partial charge on any atom is 0.408 e. The van der Waals surface area contributed by atoms with E-state index in [0.29, 0.717) is 5.56 Å². The molecule has 0 bridgehead atoms. The lowest BCUT2D eigenvalue weighted by Crippen LogP contribution is -2.55. The van der Waals surface area contributed by atoms with Gasteiger partial charge >= 0.3 is 6.09 Å². The summed E-state index contributed by atoms with van der Waals surface area (Å²) in [5.41, 5.74) is 1.78. The monoisotopic (exact) mass is 495 g/mol. The number of amides is 3. The first-order valence-electron chi connectivity index (χ1n) is 11.7.